The van der Waals surface area contributed by atoms with Crippen molar-refractivity contribution in [2.75, 3.05) is 6.54 Å². The first-order chi connectivity index (χ1) is 7.48. The molecule has 0 aromatic carbocycles. The molecule has 0 bridgehead atoms. The summed E-state index contributed by atoms with van der Waals surface area (Å²) in [6, 6.07) is 0. The van der Waals surface area contributed by atoms with Crippen molar-refractivity contribution in [1.82, 2.24) is 10.3 Å². The van der Waals surface area contributed by atoms with E-state index >= 15 is 0 Å². The molecule has 1 heterocycles. The number of thiazole rings is 1. The first-order valence-corrected chi connectivity index (χ1v) is 5.81. The Balaban J connectivity index is 2.70. The van der Waals surface area contributed by atoms with Gasteiger partial charge in [0.25, 0.3) is 5.91 Å². The number of carbonyl (C=O) groups excluding carboxylic acids is 1. The molecule has 0 fully saturated rings. The molecule has 3 N–H and O–H groups in total. The minimum absolute atomic E-state index is 0.248. The zero-order valence-electron chi connectivity index (χ0n) is 9.41. The highest BCUT2D eigenvalue weighted by atomic mass is 32.1. The Labute approximate surface area is 99.3 Å². The summed E-state index contributed by atoms with van der Waals surface area (Å²) in [5.41, 5.74) is 5.15. The van der Waals surface area contributed by atoms with Crippen LogP contribution in [0.3, 0.4) is 0 Å². The number of hydrogen-bond acceptors (Lipinski definition) is 4. The summed E-state index contributed by atoms with van der Waals surface area (Å²) >= 11 is 1.43. The minimum Gasteiger partial charge on any atom is -0.335 e. The number of nitrogens with two attached hydrogens (primary N) is 1. The molecule has 1 aromatic rings. The highest BCUT2D eigenvalue weighted by Gasteiger charge is 2.19. The predicted molar refractivity (Wildman–Crippen MR) is 65.3 cm³/mol. The molecule has 0 unspecified atom stereocenters. The number of aromatic nitrogens is 1. The van der Waals surface area contributed by atoms with Gasteiger partial charge in [-0.2, -0.15) is 0 Å². The standard InChI is InChI=1S/C11H15N3OS/c1-4-11(2,3)14-10(15)8-7-16-9(13-8)5-6-12/h1,7H,5-6,12H2,2-3H3,(H,14,15). The second-order valence-electron chi connectivity index (χ2n) is 3.89. The molecule has 0 aliphatic heterocycles. The van der Waals surface area contributed by atoms with Crippen LogP contribution in [0.15, 0.2) is 5.38 Å². The lowest BCUT2D eigenvalue weighted by Crippen LogP contribution is -2.42. The monoisotopic (exact) mass is 237 g/mol. The van der Waals surface area contributed by atoms with Crippen molar-refractivity contribution in [3.63, 3.8) is 0 Å². The fourth-order valence-electron chi connectivity index (χ4n) is 1.04. The summed E-state index contributed by atoms with van der Waals surface area (Å²) in [5, 5.41) is 5.30. The molecule has 1 amide bonds. The van der Waals surface area contributed by atoms with Crippen LogP contribution in [0.1, 0.15) is 29.3 Å². The van der Waals surface area contributed by atoms with Crippen LogP contribution in [0.4, 0.5) is 0 Å². The maximum absolute atomic E-state index is 11.7. The predicted octanol–water partition coefficient (Wildman–Crippen LogP) is 0.786. The van der Waals surface area contributed by atoms with Gasteiger partial charge in [-0.15, -0.1) is 17.8 Å². The Bertz CT molecular complexity index is 417. The average molecular weight is 237 g/mol. The van der Waals surface area contributed by atoms with Crippen LogP contribution in [-0.4, -0.2) is 23.0 Å². The van der Waals surface area contributed by atoms with E-state index in [-0.39, 0.29) is 5.91 Å². The van der Waals surface area contributed by atoms with Crippen LogP contribution in [0.2, 0.25) is 0 Å². The summed E-state index contributed by atoms with van der Waals surface area (Å²) in [6.45, 7) is 4.06. The largest absolute Gasteiger partial charge is 0.335 e. The zero-order valence-corrected chi connectivity index (χ0v) is 10.2. The number of carbonyl (C=O) groups is 1. The topological polar surface area (TPSA) is 68.0 Å². The van der Waals surface area contributed by atoms with E-state index in [1.54, 1.807) is 19.2 Å². The van der Waals surface area contributed by atoms with Crippen molar-refractivity contribution in [2.24, 2.45) is 5.73 Å². The van der Waals surface area contributed by atoms with Crippen molar-refractivity contribution >= 4 is 17.2 Å². The summed E-state index contributed by atoms with van der Waals surface area (Å²) in [5.74, 6) is 2.25. The zero-order chi connectivity index (χ0) is 12.2. The van der Waals surface area contributed by atoms with E-state index in [0.717, 1.165) is 5.01 Å². The fourth-order valence-corrected chi connectivity index (χ4v) is 1.83. The molecule has 4 nitrogen and oxygen atoms in total. The first-order valence-electron chi connectivity index (χ1n) is 4.93. The van der Waals surface area contributed by atoms with Gasteiger partial charge >= 0.3 is 0 Å². The van der Waals surface area contributed by atoms with Crippen molar-refractivity contribution < 1.29 is 4.79 Å². The van der Waals surface area contributed by atoms with Crippen molar-refractivity contribution in [2.45, 2.75) is 25.8 Å². The Hall–Kier alpha value is -1.38. The maximum atomic E-state index is 11.7. The van der Waals surface area contributed by atoms with Crippen LogP contribution in [0.5, 0.6) is 0 Å². The molecule has 0 atom stereocenters. The quantitative estimate of drug-likeness (QED) is 0.761. The van der Waals surface area contributed by atoms with Crippen LogP contribution >= 0.6 is 11.3 Å². The highest BCUT2D eigenvalue weighted by molar-refractivity contribution is 7.09. The summed E-state index contributed by atoms with van der Waals surface area (Å²) in [7, 11) is 0. The maximum Gasteiger partial charge on any atom is 0.271 e. The van der Waals surface area contributed by atoms with Crippen molar-refractivity contribution in [3.05, 3.63) is 16.1 Å². The van der Waals surface area contributed by atoms with Gasteiger partial charge in [0, 0.05) is 11.8 Å². The smallest absolute Gasteiger partial charge is 0.271 e. The molecule has 0 aliphatic rings. The van der Waals surface area contributed by atoms with E-state index in [0.29, 0.717) is 18.7 Å². The molecule has 5 heteroatoms. The van der Waals surface area contributed by atoms with Crippen LogP contribution in [0.25, 0.3) is 0 Å². The molecule has 0 aliphatic carbocycles. The summed E-state index contributed by atoms with van der Waals surface area (Å²) in [4.78, 5) is 15.9. The van der Waals surface area contributed by atoms with Gasteiger partial charge < -0.3 is 11.1 Å². The van der Waals surface area contributed by atoms with Gasteiger partial charge in [-0.05, 0) is 20.4 Å². The number of rotatable bonds is 4. The number of nitrogens with one attached hydrogen (secondary N) is 1. The second-order valence-corrected chi connectivity index (χ2v) is 4.83. The second kappa shape index (κ2) is 5.10. The third kappa shape index (κ3) is 3.33. The lowest BCUT2D eigenvalue weighted by Gasteiger charge is -2.18. The van der Waals surface area contributed by atoms with E-state index in [2.05, 4.69) is 16.2 Å². The molecular weight excluding hydrogens is 222 g/mol. The third-order valence-corrected chi connectivity index (χ3v) is 2.84. The van der Waals surface area contributed by atoms with Gasteiger partial charge in [-0.1, -0.05) is 5.92 Å². The lowest BCUT2D eigenvalue weighted by molar-refractivity contribution is 0.0925. The Morgan fingerprint density at radius 2 is 2.44 bits per heavy atom. The molecule has 86 valence electrons. The van der Waals surface area contributed by atoms with Gasteiger partial charge in [0.2, 0.25) is 0 Å². The van der Waals surface area contributed by atoms with Gasteiger partial charge in [-0.3, -0.25) is 4.79 Å². The number of amides is 1. The SMILES string of the molecule is C#CC(C)(C)NC(=O)c1csc(CCN)n1. The van der Waals surface area contributed by atoms with Crippen LogP contribution in [-0.2, 0) is 6.42 Å². The molecular formula is C11H15N3OS. The van der Waals surface area contributed by atoms with Gasteiger partial charge in [-0.25, -0.2) is 4.98 Å². The molecule has 0 saturated heterocycles. The van der Waals surface area contributed by atoms with Crippen LogP contribution < -0.4 is 11.1 Å². The van der Waals surface area contributed by atoms with Crippen molar-refractivity contribution in [3.8, 4) is 12.3 Å². The van der Waals surface area contributed by atoms with E-state index in [9.17, 15) is 4.79 Å². The molecule has 0 radical (unpaired) electrons. The lowest BCUT2D eigenvalue weighted by atomic mass is 10.1. The number of nitrogens with zero attached hydrogens (tertiary/aromatic N) is 1. The minimum atomic E-state index is -0.658. The Morgan fingerprint density at radius 1 is 1.75 bits per heavy atom. The van der Waals surface area contributed by atoms with E-state index in [1.807, 2.05) is 0 Å². The molecule has 0 spiro atoms. The molecule has 16 heavy (non-hydrogen) atoms. The van der Waals surface area contributed by atoms with Gasteiger partial charge in [0.15, 0.2) is 0 Å². The van der Waals surface area contributed by atoms with E-state index in [1.165, 1.54) is 11.3 Å². The summed E-state index contributed by atoms with van der Waals surface area (Å²) < 4.78 is 0. The highest BCUT2D eigenvalue weighted by Crippen LogP contribution is 2.11. The number of terminal acetylenes is 1. The third-order valence-electron chi connectivity index (χ3n) is 1.93. The van der Waals surface area contributed by atoms with Crippen LogP contribution in [0, 0.1) is 12.3 Å². The number of hydrogen-bond donors (Lipinski definition) is 2. The van der Waals surface area contributed by atoms with Gasteiger partial charge in [0.1, 0.15) is 5.69 Å². The molecule has 1 rings (SSSR count). The molecule has 0 saturated carbocycles. The van der Waals surface area contributed by atoms with E-state index in [4.69, 9.17) is 12.2 Å². The average Bonchev–Trinajstić information content (AvgIpc) is 2.66. The normalized spacial score (nSPS) is 10.9. The molecule has 1 aromatic heterocycles. The Kier molecular flexibility index (Phi) is 4.05. The summed E-state index contributed by atoms with van der Waals surface area (Å²) in [6.07, 6.45) is 5.98. The van der Waals surface area contributed by atoms with Gasteiger partial charge in [0.05, 0.1) is 10.5 Å². The van der Waals surface area contributed by atoms with E-state index < -0.39 is 5.54 Å². The Morgan fingerprint density at radius 3 is 3.00 bits per heavy atom. The fraction of sp³-hybridized carbons (Fsp3) is 0.455. The van der Waals surface area contributed by atoms with Crippen molar-refractivity contribution in [1.29, 1.82) is 0 Å². The first kappa shape index (κ1) is 12.7.